The molecule has 0 N–H and O–H groups in total. The molecule has 1 fully saturated rings. The van der Waals surface area contributed by atoms with Crippen LogP contribution in [0.5, 0.6) is 0 Å². The minimum absolute atomic E-state index is 0.165. The second-order valence-corrected chi connectivity index (χ2v) is 6.99. The fraction of sp³-hybridized carbons (Fsp3) is 0.409. The Balaban J connectivity index is 1.74. The maximum atomic E-state index is 14.6. The van der Waals surface area contributed by atoms with Crippen molar-refractivity contribution in [3.63, 3.8) is 0 Å². The van der Waals surface area contributed by atoms with E-state index in [2.05, 4.69) is 13.0 Å². The molecule has 0 saturated heterocycles. The minimum atomic E-state index is -0.165. The second-order valence-electron chi connectivity index (χ2n) is 6.99. The molecular weight excluding hydrogens is 299 g/mol. The van der Waals surface area contributed by atoms with Gasteiger partial charge in [-0.3, -0.25) is 4.79 Å². The Bertz CT molecular complexity index is 682. The summed E-state index contributed by atoms with van der Waals surface area (Å²) in [6.45, 7) is 2.25. The summed E-state index contributed by atoms with van der Waals surface area (Å²) in [5.41, 5.74) is 3.17. The van der Waals surface area contributed by atoms with Gasteiger partial charge in [0.2, 0.25) is 0 Å². The number of aldehydes is 1. The predicted molar refractivity (Wildman–Crippen MR) is 96.8 cm³/mol. The Labute approximate surface area is 143 Å². The highest BCUT2D eigenvalue weighted by molar-refractivity contribution is 5.77. The molecule has 1 aliphatic carbocycles. The van der Waals surface area contributed by atoms with Crippen LogP contribution in [0.25, 0.3) is 11.1 Å². The molecule has 2 heteroatoms. The van der Waals surface area contributed by atoms with E-state index in [0.29, 0.717) is 17.0 Å². The molecule has 0 aromatic heterocycles. The van der Waals surface area contributed by atoms with Crippen molar-refractivity contribution in [2.75, 3.05) is 0 Å². The molecule has 3 rings (SSSR count). The molecule has 24 heavy (non-hydrogen) atoms. The van der Waals surface area contributed by atoms with Gasteiger partial charge in [0.05, 0.1) is 0 Å². The number of carbonyl (C=O) groups is 1. The first kappa shape index (κ1) is 16.9. The zero-order valence-corrected chi connectivity index (χ0v) is 14.3. The van der Waals surface area contributed by atoms with Crippen LogP contribution in [0.4, 0.5) is 4.39 Å². The molecule has 0 aliphatic heterocycles. The summed E-state index contributed by atoms with van der Waals surface area (Å²) < 4.78 is 14.6. The topological polar surface area (TPSA) is 17.1 Å². The molecule has 2 aromatic rings. The number of benzene rings is 2. The normalized spacial score (nSPS) is 20.8. The lowest BCUT2D eigenvalue weighted by Crippen LogP contribution is -2.13. The molecule has 0 radical (unpaired) electrons. The van der Waals surface area contributed by atoms with E-state index in [-0.39, 0.29) is 5.82 Å². The Hall–Kier alpha value is -1.96. The molecule has 2 aromatic carbocycles. The SMILES string of the molecule is CCCC1CCC(c2ccc(-c3ccc(C=O)cc3)c(F)c2)CC1. The number of rotatable bonds is 5. The molecule has 0 amide bonds. The van der Waals surface area contributed by atoms with E-state index in [1.54, 1.807) is 30.3 Å². The van der Waals surface area contributed by atoms with Crippen LogP contribution in [-0.2, 0) is 0 Å². The first-order valence-electron chi connectivity index (χ1n) is 9.06. The molecule has 1 aliphatic rings. The van der Waals surface area contributed by atoms with E-state index in [1.807, 2.05) is 6.07 Å². The third-order valence-electron chi connectivity index (χ3n) is 5.37. The Kier molecular flexibility index (Phi) is 5.44. The van der Waals surface area contributed by atoms with E-state index in [9.17, 15) is 9.18 Å². The van der Waals surface area contributed by atoms with E-state index in [4.69, 9.17) is 0 Å². The van der Waals surface area contributed by atoms with E-state index in [1.165, 1.54) is 38.5 Å². The monoisotopic (exact) mass is 324 g/mol. The maximum Gasteiger partial charge on any atom is 0.150 e. The van der Waals surface area contributed by atoms with Crippen molar-refractivity contribution in [2.24, 2.45) is 5.92 Å². The molecule has 0 unspecified atom stereocenters. The lowest BCUT2D eigenvalue weighted by atomic mass is 9.77. The number of hydrogen-bond acceptors (Lipinski definition) is 1. The van der Waals surface area contributed by atoms with Crippen LogP contribution in [0.1, 0.15) is 67.3 Å². The average molecular weight is 324 g/mol. The average Bonchev–Trinajstić information content (AvgIpc) is 2.63. The zero-order chi connectivity index (χ0) is 16.9. The van der Waals surface area contributed by atoms with Crippen molar-refractivity contribution in [3.05, 3.63) is 59.4 Å². The van der Waals surface area contributed by atoms with Crippen molar-refractivity contribution >= 4 is 6.29 Å². The van der Waals surface area contributed by atoms with Gasteiger partial charge in [-0.1, -0.05) is 56.2 Å². The van der Waals surface area contributed by atoms with Gasteiger partial charge in [-0.25, -0.2) is 4.39 Å². The maximum absolute atomic E-state index is 14.6. The lowest BCUT2D eigenvalue weighted by molar-refractivity contribution is 0.112. The largest absolute Gasteiger partial charge is 0.298 e. The molecule has 1 nitrogen and oxygen atoms in total. The van der Waals surface area contributed by atoms with Crippen molar-refractivity contribution < 1.29 is 9.18 Å². The van der Waals surface area contributed by atoms with Crippen LogP contribution >= 0.6 is 0 Å². The van der Waals surface area contributed by atoms with Crippen LogP contribution in [0.15, 0.2) is 42.5 Å². The number of halogens is 1. The van der Waals surface area contributed by atoms with Crippen LogP contribution < -0.4 is 0 Å². The van der Waals surface area contributed by atoms with Gasteiger partial charge < -0.3 is 0 Å². The first-order chi connectivity index (χ1) is 11.7. The molecule has 1 saturated carbocycles. The van der Waals surface area contributed by atoms with Crippen LogP contribution in [-0.4, -0.2) is 6.29 Å². The molecule has 0 bridgehead atoms. The summed E-state index contributed by atoms with van der Waals surface area (Å²) in [6.07, 6.45) is 8.30. The van der Waals surface area contributed by atoms with E-state index in [0.717, 1.165) is 23.3 Å². The standard InChI is InChI=1S/C22H25FO/c1-2-3-16-4-8-18(9-5-16)20-12-13-21(22(23)14-20)19-10-6-17(15-24)7-11-19/h6-7,10-16,18H,2-5,8-9H2,1H3. The Morgan fingerprint density at radius 2 is 1.75 bits per heavy atom. The summed E-state index contributed by atoms with van der Waals surface area (Å²) in [5, 5.41) is 0. The van der Waals surface area contributed by atoms with Gasteiger partial charge in [-0.2, -0.15) is 0 Å². The summed E-state index contributed by atoms with van der Waals surface area (Å²) in [4.78, 5) is 10.7. The summed E-state index contributed by atoms with van der Waals surface area (Å²) in [5.74, 6) is 1.20. The fourth-order valence-electron chi connectivity index (χ4n) is 3.95. The first-order valence-corrected chi connectivity index (χ1v) is 9.06. The lowest BCUT2D eigenvalue weighted by Gasteiger charge is -2.28. The smallest absolute Gasteiger partial charge is 0.150 e. The Morgan fingerprint density at radius 1 is 1.04 bits per heavy atom. The van der Waals surface area contributed by atoms with Gasteiger partial charge in [0.1, 0.15) is 12.1 Å². The van der Waals surface area contributed by atoms with Gasteiger partial charge in [-0.05, 0) is 54.7 Å². The molecular formula is C22H25FO. The fourth-order valence-corrected chi connectivity index (χ4v) is 3.95. The summed E-state index contributed by atoms with van der Waals surface area (Å²) in [6, 6.07) is 12.7. The van der Waals surface area contributed by atoms with Gasteiger partial charge in [0.25, 0.3) is 0 Å². The van der Waals surface area contributed by atoms with Gasteiger partial charge in [0.15, 0.2) is 0 Å². The number of carbonyl (C=O) groups excluding carboxylic acids is 1. The van der Waals surface area contributed by atoms with Crippen molar-refractivity contribution in [1.29, 1.82) is 0 Å². The summed E-state index contributed by atoms with van der Waals surface area (Å²) >= 11 is 0. The molecule has 0 heterocycles. The Morgan fingerprint density at radius 3 is 2.33 bits per heavy atom. The summed E-state index contributed by atoms with van der Waals surface area (Å²) in [7, 11) is 0. The zero-order valence-electron chi connectivity index (χ0n) is 14.3. The van der Waals surface area contributed by atoms with Crippen LogP contribution in [0, 0.1) is 11.7 Å². The van der Waals surface area contributed by atoms with Crippen molar-refractivity contribution in [1.82, 2.24) is 0 Å². The van der Waals surface area contributed by atoms with Gasteiger partial charge >= 0.3 is 0 Å². The predicted octanol–water partition coefficient (Wildman–Crippen LogP) is 6.38. The number of hydrogen-bond donors (Lipinski definition) is 0. The van der Waals surface area contributed by atoms with E-state index >= 15 is 0 Å². The highest BCUT2D eigenvalue weighted by atomic mass is 19.1. The van der Waals surface area contributed by atoms with Gasteiger partial charge in [-0.15, -0.1) is 0 Å². The quantitative estimate of drug-likeness (QED) is 0.583. The molecule has 0 spiro atoms. The van der Waals surface area contributed by atoms with Crippen LogP contribution in [0.2, 0.25) is 0 Å². The van der Waals surface area contributed by atoms with Crippen molar-refractivity contribution in [3.8, 4) is 11.1 Å². The highest BCUT2D eigenvalue weighted by Gasteiger charge is 2.22. The van der Waals surface area contributed by atoms with Crippen LogP contribution in [0.3, 0.4) is 0 Å². The van der Waals surface area contributed by atoms with Gasteiger partial charge in [0, 0.05) is 11.1 Å². The molecule has 126 valence electrons. The minimum Gasteiger partial charge on any atom is -0.298 e. The molecule has 0 atom stereocenters. The third-order valence-corrected chi connectivity index (χ3v) is 5.37. The van der Waals surface area contributed by atoms with E-state index < -0.39 is 0 Å². The van der Waals surface area contributed by atoms with Crippen molar-refractivity contribution in [2.45, 2.75) is 51.4 Å². The third kappa shape index (κ3) is 3.75. The second kappa shape index (κ2) is 7.74. The highest BCUT2D eigenvalue weighted by Crippen LogP contribution is 2.38.